The van der Waals surface area contributed by atoms with Gasteiger partial charge in [0, 0.05) is 4.88 Å². The molecule has 1 unspecified atom stereocenters. The summed E-state index contributed by atoms with van der Waals surface area (Å²) in [5.41, 5.74) is 2.74. The molecule has 2 rings (SSSR count). The third kappa shape index (κ3) is 3.17. The maximum atomic E-state index is 6.44. The average molecular weight is 284 g/mol. The molecule has 1 aromatic rings. The molecule has 0 amide bonds. The molecule has 18 heavy (non-hydrogen) atoms. The monoisotopic (exact) mass is 283 g/mol. The fourth-order valence-electron chi connectivity index (χ4n) is 2.54. The first-order valence-corrected chi connectivity index (χ1v) is 8.15. The molecule has 1 heterocycles. The summed E-state index contributed by atoms with van der Waals surface area (Å²) in [5.74, 6) is 0. The molecule has 0 radical (unpaired) electrons. The number of allylic oxidation sites excluding steroid dienone is 1. The van der Waals surface area contributed by atoms with E-state index in [1.807, 2.05) is 0 Å². The third-order valence-corrected chi connectivity index (χ3v) is 5.32. The predicted molar refractivity (Wildman–Crippen MR) is 81.7 cm³/mol. The SMILES string of the molecule is CCNC(C1=CCCCCC1)c1scc(C)c1Cl. The van der Waals surface area contributed by atoms with Crippen LogP contribution in [-0.2, 0) is 0 Å². The van der Waals surface area contributed by atoms with Crippen molar-refractivity contribution < 1.29 is 0 Å². The van der Waals surface area contributed by atoms with Gasteiger partial charge in [-0.05, 0) is 50.1 Å². The Morgan fingerprint density at radius 2 is 2.22 bits per heavy atom. The molecule has 0 spiro atoms. The minimum atomic E-state index is 0.333. The molecular weight excluding hydrogens is 262 g/mol. The van der Waals surface area contributed by atoms with E-state index in [1.165, 1.54) is 48.1 Å². The van der Waals surface area contributed by atoms with Crippen LogP contribution >= 0.6 is 22.9 Å². The summed E-state index contributed by atoms with van der Waals surface area (Å²) in [4.78, 5) is 1.30. The van der Waals surface area contributed by atoms with Crippen LogP contribution in [0.2, 0.25) is 5.02 Å². The van der Waals surface area contributed by atoms with Gasteiger partial charge < -0.3 is 5.32 Å². The highest BCUT2D eigenvalue weighted by atomic mass is 35.5. The first kappa shape index (κ1) is 14.1. The molecule has 1 aliphatic rings. The number of rotatable bonds is 4. The van der Waals surface area contributed by atoms with Crippen LogP contribution in [0.1, 0.15) is 55.5 Å². The van der Waals surface area contributed by atoms with Crippen molar-refractivity contribution in [2.75, 3.05) is 6.54 Å². The van der Waals surface area contributed by atoms with Gasteiger partial charge in [-0.15, -0.1) is 11.3 Å². The highest BCUT2D eigenvalue weighted by Crippen LogP contribution is 2.38. The van der Waals surface area contributed by atoms with Crippen molar-refractivity contribution in [3.05, 3.63) is 32.5 Å². The lowest BCUT2D eigenvalue weighted by Gasteiger charge is -2.20. The van der Waals surface area contributed by atoms with Crippen LogP contribution in [0.3, 0.4) is 0 Å². The fourth-order valence-corrected chi connectivity index (χ4v) is 3.96. The third-order valence-electron chi connectivity index (χ3n) is 3.54. The van der Waals surface area contributed by atoms with E-state index in [1.54, 1.807) is 11.3 Å². The predicted octanol–water partition coefficient (Wildman–Crippen LogP) is 5.25. The number of likely N-dealkylation sites (N-methyl/N-ethyl adjacent to an activating group) is 1. The Labute approximate surface area is 119 Å². The van der Waals surface area contributed by atoms with Crippen LogP contribution in [0, 0.1) is 6.92 Å². The van der Waals surface area contributed by atoms with Crippen molar-refractivity contribution in [3.8, 4) is 0 Å². The number of hydrogen-bond acceptors (Lipinski definition) is 2. The van der Waals surface area contributed by atoms with Gasteiger partial charge in [0.1, 0.15) is 0 Å². The zero-order valence-electron chi connectivity index (χ0n) is 11.3. The lowest BCUT2D eigenvalue weighted by Crippen LogP contribution is -2.22. The van der Waals surface area contributed by atoms with Gasteiger partial charge in [-0.1, -0.05) is 36.6 Å². The van der Waals surface area contributed by atoms with E-state index in [-0.39, 0.29) is 0 Å². The van der Waals surface area contributed by atoms with E-state index >= 15 is 0 Å². The van der Waals surface area contributed by atoms with Crippen molar-refractivity contribution >= 4 is 22.9 Å². The largest absolute Gasteiger partial charge is 0.306 e. The van der Waals surface area contributed by atoms with Crippen molar-refractivity contribution in [1.82, 2.24) is 5.32 Å². The zero-order valence-corrected chi connectivity index (χ0v) is 12.8. The molecule has 1 aromatic heterocycles. The maximum absolute atomic E-state index is 6.44. The van der Waals surface area contributed by atoms with Crippen LogP contribution in [0.15, 0.2) is 17.0 Å². The Bertz CT molecular complexity index is 422. The highest BCUT2D eigenvalue weighted by molar-refractivity contribution is 7.10. The Hall–Kier alpha value is -0.310. The Balaban J connectivity index is 2.27. The van der Waals surface area contributed by atoms with Crippen molar-refractivity contribution in [2.24, 2.45) is 0 Å². The van der Waals surface area contributed by atoms with E-state index in [0.717, 1.165) is 11.6 Å². The molecule has 0 saturated carbocycles. The summed E-state index contributed by atoms with van der Waals surface area (Å²) in [6.07, 6.45) is 8.88. The summed E-state index contributed by atoms with van der Waals surface area (Å²) >= 11 is 8.23. The maximum Gasteiger partial charge on any atom is 0.0645 e. The summed E-state index contributed by atoms with van der Waals surface area (Å²) in [6, 6.07) is 0.333. The first-order valence-electron chi connectivity index (χ1n) is 6.89. The van der Waals surface area contributed by atoms with E-state index in [4.69, 9.17) is 11.6 Å². The van der Waals surface area contributed by atoms with Crippen LogP contribution < -0.4 is 5.32 Å². The molecule has 1 aliphatic carbocycles. The van der Waals surface area contributed by atoms with Gasteiger partial charge in [-0.2, -0.15) is 0 Å². The normalized spacial score (nSPS) is 18.3. The number of thiophene rings is 1. The molecule has 3 heteroatoms. The first-order chi connectivity index (χ1) is 8.74. The molecule has 0 fully saturated rings. The van der Waals surface area contributed by atoms with Crippen LogP contribution in [0.5, 0.6) is 0 Å². The summed E-state index contributed by atoms with van der Waals surface area (Å²) in [5, 5.41) is 6.73. The van der Waals surface area contributed by atoms with E-state index in [2.05, 4.69) is 30.6 Å². The number of hydrogen-bond donors (Lipinski definition) is 1. The second-order valence-corrected chi connectivity index (χ2v) is 6.26. The molecule has 0 saturated heterocycles. The van der Waals surface area contributed by atoms with Gasteiger partial charge in [0.25, 0.3) is 0 Å². The van der Waals surface area contributed by atoms with Crippen molar-refractivity contribution in [1.29, 1.82) is 0 Å². The van der Waals surface area contributed by atoms with Gasteiger partial charge in [0.2, 0.25) is 0 Å². The van der Waals surface area contributed by atoms with Gasteiger partial charge >= 0.3 is 0 Å². The zero-order chi connectivity index (χ0) is 13.0. The molecule has 100 valence electrons. The van der Waals surface area contributed by atoms with Gasteiger partial charge in [-0.25, -0.2) is 0 Å². The molecule has 0 aliphatic heterocycles. The number of aryl methyl sites for hydroxylation is 1. The van der Waals surface area contributed by atoms with E-state index in [0.29, 0.717) is 6.04 Å². The Morgan fingerprint density at radius 3 is 2.89 bits per heavy atom. The molecule has 0 aromatic carbocycles. The van der Waals surface area contributed by atoms with E-state index < -0.39 is 0 Å². The van der Waals surface area contributed by atoms with Crippen LogP contribution in [-0.4, -0.2) is 6.54 Å². The van der Waals surface area contributed by atoms with Crippen molar-refractivity contribution in [2.45, 2.75) is 52.0 Å². The van der Waals surface area contributed by atoms with Gasteiger partial charge in [-0.3, -0.25) is 0 Å². The van der Waals surface area contributed by atoms with E-state index in [9.17, 15) is 0 Å². The minimum absolute atomic E-state index is 0.333. The average Bonchev–Trinajstić information content (AvgIpc) is 2.62. The fraction of sp³-hybridized carbons (Fsp3) is 0.600. The number of halogens is 1. The second-order valence-electron chi connectivity index (χ2n) is 4.97. The summed E-state index contributed by atoms with van der Waals surface area (Å²) in [7, 11) is 0. The van der Waals surface area contributed by atoms with Gasteiger partial charge in [0.15, 0.2) is 0 Å². The summed E-state index contributed by atoms with van der Waals surface area (Å²) in [6.45, 7) is 5.24. The lowest BCUT2D eigenvalue weighted by molar-refractivity contribution is 0.597. The quantitative estimate of drug-likeness (QED) is 0.744. The summed E-state index contributed by atoms with van der Waals surface area (Å²) < 4.78 is 0. The van der Waals surface area contributed by atoms with Crippen LogP contribution in [0.4, 0.5) is 0 Å². The molecule has 1 N–H and O–H groups in total. The molecule has 0 bridgehead atoms. The lowest BCUT2D eigenvalue weighted by atomic mass is 10.00. The number of nitrogens with one attached hydrogen (secondary N) is 1. The standard InChI is InChI=1S/C15H22ClNS/c1-3-17-14(12-8-6-4-5-7-9-12)15-13(16)11(2)10-18-15/h8,10,14,17H,3-7,9H2,1-2H3. The second kappa shape index (κ2) is 6.74. The highest BCUT2D eigenvalue weighted by Gasteiger charge is 2.21. The molecule has 1 nitrogen and oxygen atoms in total. The Morgan fingerprint density at radius 1 is 1.39 bits per heavy atom. The van der Waals surface area contributed by atoms with Gasteiger partial charge in [0.05, 0.1) is 11.1 Å². The van der Waals surface area contributed by atoms with Crippen molar-refractivity contribution in [3.63, 3.8) is 0 Å². The van der Waals surface area contributed by atoms with Crippen LogP contribution in [0.25, 0.3) is 0 Å². The topological polar surface area (TPSA) is 12.0 Å². The minimum Gasteiger partial charge on any atom is -0.306 e. The smallest absolute Gasteiger partial charge is 0.0645 e. The molecule has 1 atom stereocenters. The Kier molecular flexibility index (Phi) is 5.28. The molecular formula is C15H22ClNS.